The van der Waals surface area contributed by atoms with Crippen LogP contribution in [-0.2, 0) is 11.3 Å². The number of non-ortho nitro benzene ring substituents is 1. The van der Waals surface area contributed by atoms with Gasteiger partial charge in [-0.15, -0.1) is 11.3 Å². The molecule has 0 bridgehead atoms. The van der Waals surface area contributed by atoms with Crippen LogP contribution in [0.15, 0.2) is 35.7 Å². The van der Waals surface area contributed by atoms with Crippen molar-refractivity contribution in [2.75, 3.05) is 13.1 Å². The number of nitro benzene ring substituents is 1. The monoisotopic (exact) mass is 444 g/mol. The number of hydrogen-bond acceptors (Lipinski definition) is 6. The third-order valence-electron chi connectivity index (χ3n) is 4.20. The standard InChI is InChI=1S/C22H28N4O4S/c1-15(2)11-23-22(28)19-14-31-20(24-19)13-25(12-16(3)4)21(27)10-7-17-5-8-18(9-6-17)26(29)30/h5-10,14-16H,11-13H2,1-4H3,(H,23,28). The van der Waals surface area contributed by atoms with Crippen LogP contribution in [0, 0.1) is 22.0 Å². The number of carbonyl (C=O) groups is 2. The third-order valence-corrected chi connectivity index (χ3v) is 5.03. The molecule has 166 valence electrons. The summed E-state index contributed by atoms with van der Waals surface area (Å²) >= 11 is 1.35. The number of nitro groups is 1. The lowest BCUT2D eigenvalue weighted by Crippen LogP contribution is -2.32. The van der Waals surface area contributed by atoms with E-state index >= 15 is 0 Å². The van der Waals surface area contributed by atoms with Crippen molar-refractivity contribution in [1.82, 2.24) is 15.2 Å². The fraction of sp³-hybridized carbons (Fsp3) is 0.409. The van der Waals surface area contributed by atoms with Crippen molar-refractivity contribution in [3.05, 3.63) is 62.1 Å². The molecule has 0 radical (unpaired) electrons. The predicted molar refractivity (Wildman–Crippen MR) is 122 cm³/mol. The molecule has 2 amide bonds. The molecule has 0 atom stereocenters. The molecular weight excluding hydrogens is 416 g/mol. The van der Waals surface area contributed by atoms with Crippen LogP contribution < -0.4 is 5.32 Å². The Kier molecular flexibility index (Phi) is 8.87. The fourth-order valence-corrected chi connectivity index (χ4v) is 3.48. The lowest BCUT2D eigenvalue weighted by Gasteiger charge is -2.22. The molecule has 1 N–H and O–H groups in total. The molecule has 31 heavy (non-hydrogen) atoms. The van der Waals surface area contributed by atoms with Crippen LogP contribution in [0.25, 0.3) is 6.08 Å². The topological polar surface area (TPSA) is 105 Å². The molecule has 0 unspecified atom stereocenters. The Balaban J connectivity index is 2.06. The molecule has 0 saturated carbocycles. The van der Waals surface area contributed by atoms with E-state index in [1.54, 1.807) is 28.5 Å². The normalized spacial score (nSPS) is 11.3. The Morgan fingerprint density at radius 3 is 2.45 bits per heavy atom. The first-order valence-corrected chi connectivity index (χ1v) is 11.0. The van der Waals surface area contributed by atoms with Gasteiger partial charge in [0.25, 0.3) is 11.6 Å². The van der Waals surface area contributed by atoms with Gasteiger partial charge in [-0.1, -0.05) is 27.7 Å². The van der Waals surface area contributed by atoms with Gasteiger partial charge in [0.2, 0.25) is 5.91 Å². The summed E-state index contributed by atoms with van der Waals surface area (Å²) in [6.07, 6.45) is 3.08. The highest BCUT2D eigenvalue weighted by atomic mass is 32.1. The van der Waals surface area contributed by atoms with Crippen LogP contribution in [-0.4, -0.2) is 39.7 Å². The fourth-order valence-electron chi connectivity index (χ4n) is 2.69. The largest absolute Gasteiger partial charge is 0.350 e. The smallest absolute Gasteiger partial charge is 0.270 e. The van der Waals surface area contributed by atoms with E-state index in [4.69, 9.17) is 0 Å². The van der Waals surface area contributed by atoms with Gasteiger partial charge in [-0.3, -0.25) is 19.7 Å². The summed E-state index contributed by atoms with van der Waals surface area (Å²) in [4.78, 5) is 41.3. The van der Waals surface area contributed by atoms with Gasteiger partial charge in [0.1, 0.15) is 10.7 Å². The Morgan fingerprint density at radius 2 is 1.87 bits per heavy atom. The maximum atomic E-state index is 12.8. The molecule has 1 heterocycles. The van der Waals surface area contributed by atoms with Crippen LogP contribution in [0.4, 0.5) is 5.69 Å². The van der Waals surface area contributed by atoms with Crippen LogP contribution in [0.1, 0.15) is 48.8 Å². The lowest BCUT2D eigenvalue weighted by atomic mass is 10.1. The van der Waals surface area contributed by atoms with E-state index in [0.29, 0.717) is 41.8 Å². The zero-order valence-electron chi connectivity index (χ0n) is 18.2. The third kappa shape index (κ3) is 7.93. The molecule has 0 spiro atoms. The lowest BCUT2D eigenvalue weighted by molar-refractivity contribution is -0.384. The number of nitrogens with one attached hydrogen (secondary N) is 1. The number of benzene rings is 1. The van der Waals surface area contributed by atoms with E-state index in [2.05, 4.69) is 10.3 Å². The van der Waals surface area contributed by atoms with Crippen molar-refractivity contribution in [3.8, 4) is 0 Å². The van der Waals surface area contributed by atoms with E-state index in [-0.39, 0.29) is 23.4 Å². The number of carbonyl (C=O) groups excluding carboxylic acids is 2. The number of hydrogen-bond donors (Lipinski definition) is 1. The summed E-state index contributed by atoms with van der Waals surface area (Å²) in [5.74, 6) is 0.207. The van der Waals surface area contributed by atoms with Gasteiger partial charge in [0, 0.05) is 36.7 Å². The SMILES string of the molecule is CC(C)CNC(=O)c1csc(CN(CC(C)C)C(=O)C=Cc2ccc([N+](=O)[O-])cc2)n1. The molecule has 9 heteroatoms. The molecule has 2 rings (SSSR count). The van der Waals surface area contributed by atoms with Crippen LogP contribution >= 0.6 is 11.3 Å². The van der Waals surface area contributed by atoms with Crippen LogP contribution in [0.5, 0.6) is 0 Å². The average molecular weight is 445 g/mol. The maximum Gasteiger partial charge on any atom is 0.270 e. The molecular formula is C22H28N4O4S. The van der Waals surface area contributed by atoms with Crippen LogP contribution in [0.2, 0.25) is 0 Å². The number of amides is 2. The van der Waals surface area contributed by atoms with Gasteiger partial charge in [-0.05, 0) is 35.6 Å². The molecule has 0 saturated heterocycles. The molecule has 1 aromatic carbocycles. The van der Waals surface area contributed by atoms with E-state index in [1.165, 1.54) is 29.5 Å². The predicted octanol–water partition coefficient (Wildman–Crippen LogP) is 4.14. The van der Waals surface area contributed by atoms with E-state index < -0.39 is 4.92 Å². The number of nitrogens with zero attached hydrogens (tertiary/aromatic N) is 3. The minimum atomic E-state index is -0.464. The molecule has 8 nitrogen and oxygen atoms in total. The maximum absolute atomic E-state index is 12.8. The van der Waals surface area contributed by atoms with Gasteiger partial charge in [0.05, 0.1) is 11.5 Å². The average Bonchev–Trinajstić information content (AvgIpc) is 3.18. The molecule has 0 aliphatic carbocycles. The van der Waals surface area contributed by atoms with E-state index in [0.717, 1.165) is 0 Å². The Hall–Kier alpha value is -3.07. The van der Waals surface area contributed by atoms with Crippen molar-refractivity contribution < 1.29 is 14.5 Å². The Labute approximate surface area is 186 Å². The van der Waals surface area contributed by atoms with Gasteiger partial charge < -0.3 is 10.2 Å². The first-order chi connectivity index (χ1) is 14.7. The van der Waals surface area contributed by atoms with E-state index in [1.807, 2.05) is 27.7 Å². The first-order valence-electron chi connectivity index (χ1n) is 10.1. The van der Waals surface area contributed by atoms with Crippen molar-refractivity contribution in [2.45, 2.75) is 34.2 Å². The minimum absolute atomic E-state index is 0.00177. The number of thiazole rings is 1. The molecule has 0 aliphatic rings. The summed E-state index contributed by atoms with van der Waals surface area (Å²) in [6, 6.07) is 5.99. The second kappa shape index (κ2) is 11.4. The molecule has 0 fully saturated rings. The zero-order valence-corrected chi connectivity index (χ0v) is 19.0. The van der Waals surface area contributed by atoms with Gasteiger partial charge in [0.15, 0.2) is 0 Å². The summed E-state index contributed by atoms with van der Waals surface area (Å²) in [7, 11) is 0. The molecule has 2 aromatic rings. The van der Waals surface area contributed by atoms with Crippen LogP contribution in [0.3, 0.4) is 0 Å². The highest BCUT2D eigenvalue weighted by molar-refractivity contribution is 7.09. The highest BCUT2D eigenvalue weighted by Gasteiger charge is 2.17. The summed E-state index contributed by atoms with van der Waals surface area (Å²) in [5.41, 5.74) is 1.06. The number of rotatable bonds is 10. The van der Waals surface area contributed by atoms with Gasteiger partial charge >= 0.3 is 0 Å². The summed E-state index contributed by atoms with van der Waals surface area (Å²) in [5, 5.41) is 16.0. The first kappa shape index (κ1) is 24.2. The van der Waals surface area contributed by atoms with Gasteiger partial charge in [-0.25, -0.2) is 4.98 Å². The molecule has 1 aromatic heterocycles. The van der Waals surface area contributed by atoms with Crippen molar-refractivity contribution >= 4 is 34.9 Å². The second-order valence-corrected chi connectivity index (χ2v) is 8.97. The Morgan fingerprint density at radius 1 is 1.19 bits per heavy atom. The zero-order chi connectivity index (χ0) is 23.0. The van der Waals surface area contributed by atoms with Crippen molar-refractivity contribution in [3.63, 3.8) is 0 Å². The summed E-state index contributed by atoms with van der Waals surface area (Å²) in [6.45, 7) is 9.51. The highest BCUT2D eigenvalue weighted by Crippen LogP contribution is 2.16. The minimum Gasteiger partial charge on any atom is -0.350 e. The Bertz CT molecular complexity index is 935. The quantitative estimate of drug-likeness (QED) is 0.337. The van der Waals surface area contributed by atoms with Crippen molar-refractivity contribution in [2.24, 2.45) is 11.8 Å². The number of aromatic nitrogens is 1. The molecule has 0 aliphatic heterocycles. The van der Waals surface area contributed by atoms with E-state index in [9.17, 15) is 19.7 Å². The van der Waals surface area contributed by atoms with Gasteiger partial charge in [-0.2, -0.15) is 0 Å². The second-order valence-electron chi connectivity index (χ2n) is 8.02. The van der Waals surface area contributed by atoms with Crippen molar-refractivity contribution in [1.29, 1.82) is 0 Å². The summed E-state index contributed by atoms with van der Waals surface area (Å²) < 4.78 is 0.